The van der Waals surface area contributed by atoms with Crippen LogP contribution in [-0.4, -0.2) is 45.7 Å². The number of amides is 1. The Bertz CT molecular complexity index is 259. The molecule has 1 amide bonds. The summed E-state index contributed by atoms with van der Waals surface area (Å²) >= 11 is 1.08. The van der Waals surface area contributed by atoms with E-state index in [4.69, 9.17) is 5.11 Å². The van der Waals surface area contributed by atoms with Crippen molar-refractivity contribution in [3.8, 4) is 0 Å². The zero-order chi connectivity index (χ0) is 12.0. The molecular formula is C10H17NO4S. The van der Waals surface area contributed by atoms with Crippen molar-refractivity contribution in [2.75, 3.05) is 11.5 Å². The number of rotatable bonds is 5. The topological polar surface area (TPSA) is 86.6 Å². The van der Waals surface area contributed by atoms with Crippen molar-refractivity contribution in [3.05, 3.63) is 0 Å². The molecule has 1 aliphatic rings. The third-order valence-corrected chi connectivity index (χ3v) is 3.39. The van der Waals surface area contributed by atoms with Crippen LogP contribution in [0, 0.1) is 0 Å². The Hall–Kier alpha value is -0.750. The summed E-state index contributed by atoms with van der Waals surface area (Å²) in [5.74, 6) is -0.948. The Morgan fingerprint density at radius 2 is 2.06 bits per heavy atom. The van der Waals surface area contributed by atoms with Gasteiger partial charge in [0, 0.05) is 6.04 Å². The molecule has 92 valence electrons. The highest BCUT2D eigenvalue weighted by molar-refractivity contribution is 8.00. The molecule has 1 aliphatic carbocycles. The maximum absolute atomic E-state index is 11.4. The van der Waals surface area contributed by atoms with Gasteiger partial charge >= 0.3 is 5.97 Å². The van der Waals surface area contributed by atoms with Crippen molar-refractivity contribution in [2.45, 2.75) is 37.8 Å². The number of nitrogens with one attached hydrogen (secondary N) is 1. The fourth-order valence-electron chi connectivity index (χ4n) is 1.80. The first-order valence-corrected chi connectivity index (χ1v) is 6.50. The van der Waals surface area contributed by atoms with Crippen LogP contribution >= 0.6 is 11.8 Å². The first kappa shape index (κ1) is 13.3. The lowest BCUT2D eigenvalue weighted by molar-refractivity contribution is -0.133. The molecule has 0 spiro atoms. The molecule has 6 heteroatoms. The monoisotopic (exact) mass is 247 g/mol. The molecule has 0 radical (unpaired) electrons. The predicted molar refractivity (Wildman–Crippen MR) is 61.4 cm³/mol. The van der Waals surface area contributed by atoms with E-state index >= 15 is 0 Å². The van der Waals surface area contributed by atoms with Gasteiger partial charge in [-0.25, -0.2) is 0 Å². The zero-order valence-electron chi connectivity index (χ0n) is 9.02. The summed E-state index contributed by atoms with van der Waals surface area (Å²) in [5.41, 5.74) is 0. The lowest BCUT2D eigenvalue weighted by atomic mass is 9.93. The molecule has 0 aromatic rings. The van der Waals surface area contributed by atoms with Gasteiger partial charge in [0.1, 0.15) is 0 Å². The van der Waals surface area contributed by atoms with Crippen molar-refractivity contribution < 1.29 is 19.8 Å². The summed E-state index contributed by atoms with van der Waals surface area (Å²) in [6, 6.07) is 0.0432. The zero-order valence-corrected chi connectivity index (χ0v) is 9.83. The van der Waals surface area contributed by atoms with Crippen LogP contribution in [0.1, 0.15) is 25.7 Å². The van der Waals surface area contributed by atoms with Gasteiger partial charge in [-0.3, -0.25) is 9.59 Å². The van der Waals surface area contributed by atoms with Crippen molar-refractivity contribution in [1.29, 1.82) is 0 Å². The lowest BCUT2D eigenvalue weighted by Crippen LogP contribution is -2.40. The summed E-state index contributed by atoms with van der Waals surface area (Å²) < 4.78 is 0. The minimum atomic E-state index is -0.911. The molecule has 1 rings (SSSR count). The Balaban J connectivity index is 2.15. The van der Waals surface area contributed by atoms with E-state index < -0.39 is 5.97 Å². The summed E-state index contributed by atoms with van der Waals surface area (Å²) in [6.45, 7) is 0. The molecule has 1 fully saturated rings. The maximum atomic E-state index is 11.4. The highest BCUT2D eigenvalue weighted by Crippen LogP contribution is 2.18. The van der Waals surface area contributed by atoms with Crippen LogP contribution in [0.5, 0.6) is 0 Å². The van der Waals surface area contributed by atoms with E-state index in [-0.39, 0.29) is 29.6 Å². The fourth-order valence-corrected chi connectivity index (χ4v) is 2.34. The summed E-state index contributed by atoms with van der Waals surface area (Å²) in [4.78, 5) is 21.6. The Morgan fingerprint density at radius 1 is 1.31 bits per heavy atom. The van der Waals surface area contributed by atoms with Gasteiger partial charge in [-0.05, 0) is 25.7 Å². The van der Waals surface area contributed by atoms with Gasteiger partial charge in [0.05, 0.1) is 17.6 Å². The number of carboxylic acids is 1. The molecule has 1 saturated carbocycles. The van der Waals surface area contributed by atoms with Crippen LogP contribution in [0.4, 0.5) is 0 Å². The highest BCUT2D eigenvalue weighted by atomic mass is 32.2. The van der Waals surface area contributed by atoms with Crippen LogP contribution < -0.4 is 5.32 Å². The normalized spacial score (nSPS) is 25.1. The second kappa shape index (κ2) is 6.75. The van der Waals surface area contributed by atoms with Crippen LogP contribution in [0.3, 0.4) is 0 Å². The number of hydrogen-bond donors (Lipinski definition) is 3. The number of aliphatic hydroxyl groups is 1. The van der Waals surface area contributed by atoms with Crippen LogP contribution in [0.15, 0.2) is 0 Å². The second-order valence-corrected chi connectivity index (χ2v) is 4.96. The molecule has 2 atom stereocenters. The van der Waals surface area contributed by atoms with E-state index in [1.54, 1.807) is 0 Å². The molecule has 2 unspecified atom stereocenters. The molecule has 3 N–H and O–H groups in total. The van der Waals surface area contributed by atoms with Gasteiger partial charge in [0.15, 0.2) is 0 Å². The molecule has 0 bridgehead atoms. The largest absolute Gasteiger partial charge is 0.481 e. The Kier molecular flexibility index (Phi) is 5.62. The predicted octanol–water partition coefficient (Wildman–Crippen LogP) is 0.224. The van der Waals surface area contributed by atoms with E-state index in [0.717, 1.165) is 31.0 Å². The van der Waals surface area contributed by atoms with E-state index in [9.17, 15) is 14.7 Å². The Morgan fingerprint density at radius 3 is 2.69 bits per heavy atom. The number of carboxylic acid groups (broad SMARTS) is 1. The lowest BCUT2D eigenvalue weighted by Gasteiger charge is -2.26. The number of carbonyl (C=O) groups is 2. The molecule has 0 heterocycles. The molecule has 0 aromatic carbocycles. The van der Waals surface area contributed by atoms with Crippen LogP contribution in [0.25, 0.3) is 0 Å². The maximum Gasteiger partial charge on any atom is 0.313 e. The first-order valence-electron chi connectivity index (χ1n) is 5.35. The number of thioether (sulfide) groups is 1. The first-order chi connectivity index (χ1) is 7.58. The summed E-state index contributed by atoms with van der Waals surface area (Å²) in [7, 11) is 0. The average molecular weight is 247 g/mol. The van der Waals surface area contributed by atoms with Crippen molar-refractivity contribution in [2.24, 2.45) is 0 Å². The molecular weight excluding hydrogens is 230 g/mol. The number of carbonyl (C=O) groups excluding carboxylic acids is 1. The van der Waals surface area contributed by atoms with Crippen LogP contribution in [0.2, 0.25) is 0 Å². The third-order valence-electron chi connectivity index (χ3n) is 2.47. The van der Waals surface area contributed by atoms with Crippen molar-refractivity contribution >= 4 is 23.6 Å². The van der Waals surface area contributed by atoms with Crippen molar-refractivity contribution in [1.82, 2.24) is 5.32 Å². The Labute approximate surface area is 98.6 Å². The van der Waals surface area contributed by atoms with Gasteiger partial charge in [-0.1, -0.05) is 0 Å². The average Bonchev–Trinajstić information content (AvgIpc) is 2.16. The minimum absolute atomic E-state index is 0.0432. The van der Waals surface area contributed by atoms with Gasteiger partial charge in [-0.2, -0.15) is 0 Å². The van der Waals surface area contributed by atoms with Gasteiger partial charge in [0.25, 0.3) is 0 Å². The van der Waals surface area contributed by atoms with Crippen LogP contribution in [-0.2, 0) is 9.59 Å². The quantitative estimate of drug-likeness (QED) is 0.647. The highest BCUT2D eigenvalue weighted by Gasteiger charge is 2.21. The SMILES string of the molecule is O=C(O)CSCC(=O)NC1CCCC(O)C1. The molecule has 0 aliphatic heterocycles. The van der Waals surface area contributed by atoms with E-state index in [1.165, 1.54) is 0 Å². The van der Waals surface area contributed by atoms with Gasteiger partial charge in [-0.15, -0.1) is 11.8 Å². The van der Waals surface area contributed by atoms with Crippen molar-refractivity contribution in [3.63, 3.8) is 0 Å². The number of aliphatic carboxylic acids is 1. The standard InChI is InChI=1S/C10H17NO4S/c12-8-3-1-2-7(4-8)11-9(13)5-16-6-10(14)15/h7-8,12H,1-6H2,(H,11,13)(H,14,15). The molecule has 0 aromatic heterocycles. The fraction of sp³-hybridized carbons (Fsp3) is 0.800. The van der Waals surface area contributed by atoms with E-state index in [0.29, 0.717) is 6.42 Å². The van der Waals surface area contributed by atoms with E-state index in [1.807, 2.05) is 0 Å². The minimum Gasteiger partial charge on any atom is -0.481 e. The molecule has 5 nitrogen and oxygen atoms in total. The molecule has 16 heavy (non-hydrogen) atoms. The number of hydrogen-bond acceptors (Lipinski definition) is 4. The third kappa shape index (κ3) is 5.37. The molecule has 0 saturated heterocycles. The summed E-state index contributed by atoms with van der Waals surface area (Å²) in [5, 5.41) is 20.6. The second-order valence-electron chi connectivity index (χ2n) is 3.97. The van der Waals surface area contributed by atoms with Gasteiger partial charge < -0.3 is 15.5 Å². The summed E-state index contributed by atoms with van der Waals surface area (Å²) in [6.07, 6.45) is 2.92. The smallest absolute Gasteiger partial charge is 0.313 e. The van der Waals surface area contributed by atoms with Gasteiger partial charge in [0.2, 0.25) is 5.91 Å². The van der Waals surface area contributed by atoms with E-state index in [2.05, 4.69) is 5.32 Å². The number of aliphatic hydroxyl groups excluding tert-OH is 1.